The van der Waals surface area contributed by atoms with Gasteiger partial charge in [0, 0.05) is 17.3 Å². The van der Waals surface area contributed by atoms with Gasteiger partial charge in [-0.2, -0.15) is 5.10 Å². The van der Waals surface area contributed by atoms with Crippen molar-refractivity contribution >= 4 is 17.2 Å². The summed E-state index contributed by atoms with van der Waals surface area (Å²) >= 11 is 6.32. The number of hydrogen-bond acceptors (Lipinski definition) is 2. The average Bonchev–Trinajstić information content (AvgIpc) is 2.45. The van der Waals surface area contributed by atoms with Gasteiger partial charge in [0.1, 0.15) is 5.15 Å². The third-order valence-electron chi connectivity index (χ3n) is 2.47. The first-order chi connectivity index (χ1) is 7.00. The van der Waals surface area contributed by atoms with E-state index in [0.717, 1.165) is 22.6 Å². The molecule has 0 unspecified atom stereocenters. The van der Waals surface area contributed by atoms with Crippen LogP contribution in [0.1, 0.15) is 36.7 Å². The predicted molar refractivity (Wildman–Crippen MR) is 61.6 cm³/mol. The van der Waals surface area contributed by atoms with Crippen LogP contribution in [0.25, 0.3) is 5.65 Å². The van der Waals surface area contributed by atoms with E-state index < -0.39 is 0 Å². The maximum Gasteiger partial charge on any atom is 0.157 e. The van der Waals surface area contributed by atoms with Gasteiger partial charge >= 0.3 is 0 Å². The van der Waals surface area contributed by atoms with E-state index in [1.807, 2.05) is 19.9 Å². The molecule has 0 atom stereocenters. The van der Waals surface area contributed by atoms with Gasteiger partial charge in [-0.1, -0.05) is 25.4 Å². The van der Waals surface area contributed by atoms with Crippen LogP contribution in [0.2, 0.25) is 5.15 Å². The Morgan fingerprint density at radius 2 is 2.00 bits per heavy atom. The lowest BCUT2D eigenvalue weighted by Crippen LogP contribution is -2.03. The van der Waals surface area contributed by atoms with Crippen molar-refractivity contribution in [2.75, 3.05) is 0 Å². The Bertz CT molecular complexity index is 514. The van der Waals surface area contributed by atoms with Crippen LogP contribution < -0.4 is 0 Å². The van der Waals surface area contributed by atoms with Crippen LogP contribution in [-0.2, 0) is 0 Å². The van der Waals surface area contributed by atoms with Gasteiger partial charge in [0.15, 0.2) is 5.65 Å². The van der Waals surface area contributed by atoms with E-state index >= 15 is 0 Å². The Morgan fingerprint density at radius 1 is 1.33 bits per heavy atom. The van der Waals surface area contributed by atoms with Gasteiger partial charge < -0.3 is 0 Å². The van der Waals surface area contributed by atoms with Crippen LogP contribution in [0.3, 0.4) is 0 Å². The third kappa shape index (κ3) is 1.61. The van der Waals surface area contributed by atoms with Crippen LogP contribution in [0, 0.1) is 13.8 Å². The summed E-state index contributed by atoms with van der Waals surface area (Å²) in [4.78, 5) is 4.49. The number of hydrogen-bond donors (Lipinski definition) is 0. The highest BCUT2D eigenvalue weighted by atomic mass is 35.5. The highest BCUT2D eigenvalue weighted by molar-refractivity contribution is 6.30. The largest absolute Gasteiger partial charge is 0.233 e. The van der Waals surface area contributed by atoms with Gasteiger partial charge in [0.25, 0.3) is 0 Å². The second kappa shape index (κ2) is 3.49. The molecule has 2 aromatic rings. The van der Waals surface area contributed by atoms with Crippen molar-refractivity contribution in [3.63, 3.8) is 0 Å². The summed E-state index contributed by atoms with van der Waals surface area (Å²) in [6.45, 7) is 8.15. The zero-order valence-electron chi connectivity index (χ0n) is 9.37. The van der Waals surface area contributed by atoms with Crippen molar-refractivity contribution in [3.8, 4) is 0 Å². The van der Waals surface area contributed by atoms with E-state index in [4.69, 9.17) is 11.6 Å². The quantitative estimate of drug-likeness (QED) is 0.696. The van der Waals surface area contributed by atoms with E-state index in [1.54, 1.807) is 4.52 Å². The smallest absolute Gasteiger partial charge is 0.157 e. The van der Waals surface area contributed by atoms with Crippen LogP contribution in [0.4, 0.5) is 0 Å². The minimum atomic E-state index is 0.360. The maximum absolute atomic E-state index is 6.32. The molecule has 2 rings (SSSR count). The molecule has 0 N–H and O–H groups in total. The van der Waals surface area contributed by atoms with Crippen molar-refractivity contribution < 1.29 is 0 Å². The monoisotopic (exact) mass is 223 g/mol. The molecule has 0 amide bonds. The van der Waals surface area contributed by atoms with Crippen molar-refractivity contribution in [1.29, 1.82) is 0 Å². The normalized spacial score (nSPS) is 11.6. The summed E-state index contributed by atoms with van der Waals surface area (Å²) in [6.07, 6.45) is 0. The summed E-state index contributed by atoms with van der Waals surface area (Å²) in [5.74, 6) is 0.360. The Balaban J connectivity index is 2.83. The molecule has 0 radical (unpaired) electrons. The first-order valence-electron chi connectivity index (χ1n) is 5.03. The Hall–Kier alpha value is -1.09. The molecule has 0 saturated carbocycles. The molecule has 2 aromatic heterocycles. The fourth-order valence-corrected chi connectivity index (χ4v) is 2.34. The Morgan fingerprint density at radius 3 is 2.60 bits per heavy atom. The average molecular weight is 224 g/mol. The van der Waals surface area contributed by atoms with Crippen molar-refractivity contribution in [1.82, 2.24) is 14.6 Å². The molecule has 4 heteroatoms. The van der Waals surface area contributed by atoms with Gasteiger partial charge in [0.05, 0.1) is 5.69 Å². The lowest BCUT2D eigenvalue weighted by Gasteiger charge is -2.11. The third-order valence-corrected chi connectivity index (χ3v) is 2.83. The molecule has 0 saturated heterocycles. The zero-order chi connectivity index (χ0) is 11.2. The van der Waals surface area contributed by atoms with E-state index in [1.165, 1.54) is 0 Å². The molecular weight excluding hydrogens is 210 g/mol. The SMILES string of the molecule is Cc1cc2nc(C)c(C(C)C)c(Cl)n2n1. The minimum Gasteiger partial charge on any atom is -0.233 e. The van der Waals surface area contributed by atoms with Crippen molar-refractivity contribution in [2.24, 2.45) is 0 Å². The molecule has 3 nitrogen and oxygen atoms in total. The zero-order valence-corrected chi connectivity index (χ0v) is 10.1. The van der Waals surface area contributed by atoms with Crippen molar-refractivity contribution in [2.45, 2.75) is 33.6 Å². The van der Waals surface area contributed by atoms with E-state index in [0.29, 0.717) is 11.1 Å². The molecule has 0 aliphatic rings. The van der Waals surface area contributed by atoms with Crippen LogP contribution in [-0.4, -0.2) is 14.6 Å². The number of fused-ring (bicyclic) bond motifs is 1. The molecule has 0 bridgehead atoms. The highest BCUT2D eigenvalue weighted by Crippen LogP contribution is 2.27. The summed E-state index contributed by atoms with van der Waals surface area (Å²) in [6, 6.07) is 1.93. The van der Waals surface area contributed by atoms with E-state index in [9.17, 15) is 0 Å². The fourth-order valence-electron chi connectivity index (χ4n) is 1.86. The van der Waals surface area contributed by atoms with E-state index in [2.05, 4.69) is 23.9 Å². The summed E-state index contributed by atoms with van der Waals surface area (Å²) in [5.41, 5.74) is 3.82. The summed E-state index contributed by atoms with van der Waals surface area (Å²) in [7, 11) is 0. The second-order valence-corrected chi connectivity index (χ2v) is 4.47. The molecule has 80 valence electrons. The molecule has 15 heavy (non-hydrogen) atoms. The first-order valence-corrected chi connectivity index (χ1v) is 5.41. The molecule has 0 aliphatic carbocycles. The van der Waals surface area contributed by atoms with Gasteiger partial charge in [-0.15, -0.1) is 0 Å². The van der Waals surface area contributed by atoms with Gasteiger partial charge in [-0.3, -0.25) is 0 Å². The van der Waals surface area contributed by atoms with Gasteiger partial charge in [-0.05, 0) is 19.8 Å². The van der Waals surface area contributed by atoms with Crippen LogP contribution in [0.15, 0.2) is 6.07 Å². The number of halogens is 1. The topological polar surface area (TPSA) is 30.2 Å². The minimum absolute atomic E-state index is 0.360. The molecule has 0 spiro atoms. The van der Waals surface area contributed by atoms with Gasteiger partial charge in [0.2, 0.25) is 0 Å². The second-order valence-electron chi connectivity index (χ2n) is 4.11. The lowest BCUT2D eigenvalue weighted by atomic mass is 10.0. The number of nitrogens with zero attached hydrogens (tertiary/aromatic N) is 3. The highest BCUT2D eigenvalue weighted by Gasteiger charge is 2.14. The molecular formula is C11H14ClN3. The van der Waals surface area contributed by atoms with E-state index in [-0.39, 0.29) is 0 Å². The first kappa shape index (κ1) is 10.4. The van der Waals surface area contributed by atoms with Gasteiger partial charge in [-0.25, -0.2) is 9.50 Å². The predicted octanol–water partition coefficient (Wildman–Crippen LogP) is 3.12. The number of aryl methyl sites for hydroxylation is 2. The molecule has 0 aromatic carbocycles. The standard InChI is InChI=1S/C11H14ClN3/c1-6(2)10-8(4)13-9-5-7(3)14-15(9)11(10)12/h5-6H,1-4H3. The Kier molecular flexibility index (Phi) is 2.43. The molecule has 0 aliphatic heterocycles. The molecule has 0 fully saturated rings. The number of rotatable bonds is 1. The fraction of sp³-hybridized carbons (Fsp3) is 0.455. The van der Waals surface area contributed by atoms with Crippen LogP contribution >= 0.6 is 11.6 Å². The van der Waals surface area contributed by atoms with Crippen molar-refractivity contribution in [3.05, 3.63) is 28.2 Å². The lowest BCUT2D eigenvalue weighted by molar-refractivity contribution is 0.804. The Labute approximate surface area is 94.1 Å². The summed E-state index contributed by atoms with van der Waals surface area (Å²) in [5, 5.41) is 5.00. The molecule has 2 heterocycles. The summed E-state index contributed by atoms with van der Waals surface area (Å²) < 4.78 is 1.71. The van der Waals surface area contributed by atoms with Crippen LogP contribution in [0.5, 0.6) is 0 Å². The number of aromatic nitrogens is 3. The maximum atomic E-state index is 6.32.